The number of carbonyl (C=O) groups excluding carboxylic acids is 1. The zero-order valence-electron chi connectivity index (χ0n) is 22.7. The Morgan fingerprint density at radius 3 is 2.41 bits per heavy atom. The van der Waals surface area contributed by atoms with Gasteiger partial charge in [-0.25, -0.2) is 13.2 Å². The van der Waals surface area contributed by atoms with E-state index in [1.165, 1.54) is 12.1 Å². The van der Waals surface area contributed by atoms with Crippen molar-refractivity contribution in [2.45, 2.75) is 81.6 Å². The van der Waals surface area contributed by atoms with Gasteiger partial charge in [0, 0.05) is 6.07 Å². The maximum absolute atomic E-state index is 13.8. The maximum atomic E-state index is 13.8. The van der Waals surface area contributed by atoms with Crippen molar-refractivity contribution in [1.82, 2.24) is 9.79 Å². The number of fused-ring (bicyclic) bond motifs is 1. The predicted octanol–water partition coefficient (Wildman–Crippen LogP) is 3.82. The van der Waals surface area contributed by atoms with E-state index >= 15 is 0 Å². The quantitative estimate of drug-likeness (QED) is 0.419. The van der Waals surface area contributed by atoms with Crippen LogP contribution in [0.4, 0.5) is 4.79 Å². The minimum atomic E-state index is -4.21. The number of hydrogen-bond acceptors (Lipinski definition) is 8. The van der Waals surface area contributed by atoms with Gasteiger partial charge in [-0.3, -0.25) is 4.84 Å². The predicted molar refractivity (Wildman–Crippen MR) is 144 cm³/mol. The lowest BCUT2D eigenvalue weighted by Gasteiger charge is -2.31. The second-order valence-corrected chi connectivity index (χ2v) is 12.6. The third-order valence-corrected chi connectivity index (χ3v) is 8.07. The summed E-state index contributed by atoms with van der Waals surface area (Å²) in [4.78, 5) is 18.6. The number of sulfonamides is 1. The highest BCUT2D eigenvalue weighted by atomic mass is 32.2. The molecule has 0 spiro atoms. The Morgan fingerprint density at radius 1 is 1.08 bits per heavy atom. The third-order valence-electron chi connectivity index (χ3n) is 6.45. The Balaban J connectivity index is 1.59. The number of alkyl carbamates (subject to hydrolysis) is 1. The molecule has 39 heavy (non-hydrogen) atoms. The zero-order valence-corrected chi connectivity index (χ0v) is 23.5. The summed E-state index contributed by atoms with van der Waals surface area (Å²) in [5.74, 6) is 0.796. The summed E-state index contributed by atoms with van der Waals surface area (Å²) in [5.41, 5.74) is 0.112. The van der Waals surface area contributed by atoms with E-state index in [-0.39, 0.29) is 17.4 Å². The van der Waals surface area contributed by atoms with Crippen molar-refractivity contribution in [2.24, 2.45) is 0 Å². The van der Waals surface area contributed by atoms with Gasteiger partial charge >= 0.3 is 6.09 Å². The molecule has 0 unspecified atom stereocenters. The monoisotopic (exact) mass is 562 g/mol. The molecule has 2 atom stereocenters. The summed E-state index contributed by atoms with van der Waals surface area (Å²) in [6.45, 7) is 5.52. The average Bonchev–Trinajstić information content (AvgIpc) is 3.40. The van der Waals surface area contributed by atoms with Gasteiger partial charge in [-0.2, -0.15) is 0 Å². The van der Waals surface area contributed by atoms with E-state index < -0.39 is 40.4 Å². The smallest absolute Gasteiger partial charge is 0.407 e. The second kappa shape index (κ2) is 12.5. The number of nitrogens with one attached hydrogen (secondary N) is 1. The normalized spacial score (nSPS) is 17.6. The van der Waals surface area contributed by atoms with Crippen molar-refractivity contribution in [3.05, 3.63) is 54.1 Å². The summed E-state index contributed by atoms with van der Waals surface area (Å²) in [6, 6.07) is 12.9. The van der Waals surface area contributed by atoms with Gasteiger partial charge in [0.05, 0.1) is 29.7 Å². The number of aliphatic hydroxyl groups excluding tert-OH is 1. The highest BCUT2D eigenvalue weighted by Gasteiger charge is 2.35. The highest BCUT2D eigenvalue weighted by Crippen LogP contribution is 2.34. The molecule has 4 rings (SSSR count). The van der Waals surface area contributed by atoms with Gasteiger partial charge < -0.3 is 24.6 Å². The molecule has 11 heteroatoms. The molecule has 1 amide bonds. The summed E-state index contributed by atoms with van der Waals surface area (Å²) in [5, 5.41) is 14.1. The third kappa shape index (κ3) is 8.07. The molecule has 1 heterocycles. The summed E-state index contributed by atoms with van der Waals surface area (Å²) < 4.78 is 45.0. The number of amides is 1. The highest BCUT2D eigenvalue weighted by molar-refractivity contribution is 7.89. The summed E-state index contributed by atoms with van der Waals surface area (Å²) in [6.07, 6.45) is 1.23. The zero-order chi connectivity index (χ0) is 28.0. The van der Waals surface area contributed by atoms with Crippen LogP contribution >= 0.6 is 0 Å². The first-order chi connectivity index (χ1) is 18.5. The van der Waals surface area contributed by atoms with Crippen LogP contribution in [0.15, 0.2) is 53.4 Å². The fourth-order valence-corrected chi connectivity index (χ4v) is 5.86. The first-order valence-corrected chi connectivity index (χ1v) is 14.8. The van der Waals surface area contributed by atoms with E-state index in [0.29, 0.717) is 37.6 Å². The Kier molecular flexibility index (Phi) is 9.37. The van der Waals surface area contributed by atoms with E-state index in [1.54, 1.807) is 26.8 Å². The first-order valence-electron chi connectivity index (χ1n) is 13.3. The fourth-order valence-electron chi connectivity index (χ4n) is 4.55. The number of hydroxylamine groups is 1. The molecule has 0 aromatic heterocycles. The standard InChI is InChI=1S/C28H38N2O8S/c1-28(2,3)37-27(32)29-23(17-20-9-5-4-6-10-20)24(31)19-30(38-21-11-7-8-12-21)39(33,34)22-13-14-25-26(18-22)36-16-15-35-25/h4-6,9-10,13-14,18,21,23-24,31H,7-8,11-12,15-17,19H2,1-3H3,(H,29,32)/t23-,24+/m0/s1. The molecule has 0 radical (unpaired) electrons. The number of hydrogen-bond donors (Lipinski definition) is 2. The number of ether oxygens (including phenoxy) is 3. The van der Waals surface area contributed by atoms with Crippen LogP contribution < -0.4 is 14.8 Å². The molecule has 1 aliphatic heterocycles. The van der Waals surface area contributed by atoms with E-state index in [4.69, 9.17) is 19.0 Å². The molecular weight excluding hydrogens is 524 g/mol. The molecule has 214 valence electrons. The molecule has 1 fully saturated rings. The van der Waals surface area contributed by atoms with Crippen molar-refractivity contribution < 1.29 is 37.4 Å². The SMILES string of the molecule is CC(C)(C)OC(=O)N[C@@H](Cc1ccccc1)[C@H](O)CN(OC1CCCC1)S(=O)(=O)c1ccc2c(c1)OCCO2. The Hall–Kier alpha value is -2.86. The van der Waals surface area contributed by atoms with E-state index in [0.717, 1.165) is 22.9 Å². The molecule has 10 nitrogen and oxygen atoms in total. The number of aliphatic hydroxyl groups is 1. The maximum Gasteiger partial charge on any atom is 0.407 e. The van der Waals surface area contributed by atoms with Gasteiger partial charge in [-0.05, 0) is 57.7 Å². The Labute approximate surface area is 230 Å². The number of nitrogens with zero attached hydrogens (tertiary/aromatic N) is 1. The second-order valence-electron chi connectivity index (χ2n) is 10.8. The van der Waals surface area contributed by atoms with Gasteiger partial charge in [0.25, 0.3) is 10.0 Å². The number of benzene rings is 2. The van der Waals surface area contributed by atoms with Crippen LogP contribution in [0.5, 0.6) is 11.5 Å². The molecule has 1 saturated carbocycles. The molecule has 0 bridgehead atoms. The lowest BCUT2D eigenvalue weighted by atomic mass is 10.0. The van der Waals surface area contributed by atoms with Crippen molar-refractivity contribution in [3.8, 4) is 11.5 Å². The molecule has 0 saturated heterocycles. The van der Waals surface area contributed by atoms with Gasteiger partial charge in [-0.15, -0.1) is 0 Å². The van der Waals surface area contributed by atoms with Gasteiger partial charge in [0.15, 0.2) is 11.5 Å². The van der Waals surface area contributed by atoms with E-state index in [1.807, 2.05) is 30.3 Å². The molecular formula is C28H38N2O8S. The average molecular weight is 563 g/mol. The van der Waals surface area contributed by atoms with Crippen LogP contribution in [-0.2, 0) is 26.0 Å². The lowest BCUT2D eigenvalue weighted by molar-refractivity contribution is -0.145. The van der Waals surface area contributed by atoms with Crippen molar-refractivity contribution in [3.63, 3.8) is 0 Å². The van der Waals surface area contributed by atoms with Gasteiger partial charge in [0.1, 0.15) is 18.8 Å². The Bertz CT molecular complexity index is 1210. The summed E-state index contributed by atoms with van der Waals surface area (Å²) >= 11 is 0. The number of rotatable bonds is 10. The van der Waals surface area contributed by atoms with Crippen LogP contribution in [0.2, 0.25) is 0 Å². The van der Waals surface area contributed by atoms with Crippen molar-refractivity contribution in [1.29, 1.82) is 0 Å². The lowest BCUT2D eigenvalue weighted by Crippen LogP contribution is -2.51. The van der Waals surface area contributed by atoms with Crippen molar-refractivity contribution in [2.75, 3.05) is 19.8 Å². The van der Waals surface area contributed by atoms with Gasteiger partial charge in [0.2, 0.25) is 0 Å². The van der Waals surface area contributed by atoms with Gasteiger partial charge in [-0.1, -0.05) is 47.6 Å². The Morgan fingerprint density at radius 2 is 1.74 bits per heavy atom. The van der Waals surface area contributed by atoms with Crippen LogP contribution in [0, 0.1) is 0 Å². The molecule has 2 aromatic rings. The molecule has 2 aromatic carbocycles. The summed E-state index contributed by atoms with van der Waals surface area (Å²) in [7, 11) is -4.21. The fraction of sp³-hybridized carbons (Fsp3) is 0.536. The first kappa shape index (κ1) is 29.1. The molecule has 2 aliphatic rings. The topological polar surface area (TPSA) is 124 Å². The minimum absolute atomic E-state index is 0.0448. The molecule has 2 N–H and O–H groups in total. The minimum Gasteiger partial charge on any atom is -0.486 e. The van der Waals surface area contributed by atoms with E-state index in [9.17, 15) is 18.3 Å². The largest absolute Gasteiger partial charge is 0.486 e. The van der Waals surface area contributed by atoms with Crippen LogP contribution in [0.1, 0.15) is 52.0 Å². The van der Waals surface area contributed by atoms with Crippen LogP contribution in [-0.4, -0.2) is 67.7 Å². The van der Waals surface area contributed by atoms with Crippen LogP contribution in [0.25, 0.3) is 0 Å². The number of carbonyl (C=O) groups is 1. The van der Waals surface area contributed by atoms with Crippen molar-refractivity contribution >= 4 is 16.1 Å². The molecule has 1 aliphatic carbocycles. The van der Waals surface area contributed by atoms with E-state index in [2.05, 4.69) is 5.32 Å². The van der Waals surface area contributed by atoms with Crippen LogP contribution in [0.3, 0.4) is 0 Å².